The number of carbonyl (C=O) groups is 1. The minimum atomic E-state index is -0.398. The summed E-state index contributed by atoms with van der Waals surface area (Å²) in [6.07, 6.45) is 0. The zero-order valence-electron chi connectivity index (χ0n) is 19.9. The van der Waals surface area contributed by atoms with Gasteiger partial charge in [-0.15, -0.1) is 0 Å². The highest BCUT2D eigenvalue weighted by Gasteiger charge is 2.20. The number of rotatable bonds is 7. The van der Waals surface area contributed by atoms with Crippen molar-refractivity contribution in [1.82, 2.24) is 9.88 Å². The Morgan fingerprint density at radius 1 is 1.03 bits per heavy atom. The molecule has 0 spiro atoms. The average Bonchev–Trinajstić information content (AvgIpc) is 3.14. The van der Waals surface area contributed by atoms with Gasteiger partial charge >= 0.3 is 5.97 Å². The predicted molar refractivity (Wildman–Crippen MR) is 136 cm³/mol. The third-order valence-corrected chi connectivity index (χ3v) is 5.63. The quantitative estimate of drug-likeness (QED) is 0.281. The van der Waals surface area contributed by atoms with Crippen molar-refractivity contribution in [2.24, 2.45) is 4.99 Å². The standard InChI is InChI=1S/C28H29N3O3/c1-5-34-28(33)20-12-14-23-24(16-20)30-27(32)25(23)26(19-9-7-6-8-10-19)29-22-13-11-21(17-31(3)4)18(2)15-22/h6-16,30,32H,5,17H2,1-4H3. The van der Waals surface area contributed by atoms with E-state index in [0.29, 0.717) is 29.0 Å². The van der Waals surface area contributed by atoms with E-state index in [1.165, 1.54) is 5.56 Å². The van der Waals surface area contributed by atoms with Crippen LogP contribution in [0.3, 0.4) is 0 Å². The molecule has 0 amide bonds. The molecule has 4 rings (SSSR count). The van der Waals surface area contributed by atoms with Crippen molar-refractivity contribution in [3.8, 4) is 5.88 Å². The van der Waals surface area contributed by atoms with Crippen molar-refractivity contribution in [2.75, 3.05) is 20.7 Å². The van der Waals surface area contributed by atoms with Gasteiger partial charge in [0.15, 0.2) is 5.88 Å². The SMILES string of the molecule is CCOC(=O)c1ccc2c(C(=Nc3ccc(CN(C)C)c(C)c3)c3ccccc3)c(O)[nH]c2c1. The lowest BCUT2D eigenvalue weighted by molar-refractivity contribution is 0.0526. The Bertz CT molecular complexity index is 1350. The lowest BCUT2D eigenvalue weighted by Gasteiger charge is -2.13. The van der Waals surface area contributed by atoms with E-state index in [0.717, 1.165) is 28.7 Å². The maximum atomic E-state index is 12.2. The van der Waals surface area contributed by atoms with Crippen LogP contribution in [0.2, 0.25) is 0 Å². The number of nitrogens with zero attached hydrogens (tertiary/aromatic N) is 2. The molecule has 0 saturated heterocycles. The maximum absolute atomic E-state index is 12.2. The number of H-pyrrole nitrogens is 1. The van der Waals surface area contributed by atoms with Gasteiger partial charge in [0.2, 0.25) is 0 Å². The van der Waals surface area contributed by atoms with Crippen molar-refractivity contribution in [3.63, 3.8) is 0 Å². The Hall–Kier alpha value is -3.90. The first-order valence-electron chi connectivity index (χ1n) is 11.3. The summed E-state index contributed by atoms with van der Waals surface area (Å²) in [6.45, 7) is 5.01. The number of carbonyl (C=O) groups excluding carboxylic acids is 1. The molecule has 0 fully saturated rings. The topological polar surface area (TPSA) is 77.9 Å². The zero-order valence-corrected chi connectivity index (χ0v) is 19.9. The van der Waals surface area contributed by atoms with Crippen LogP contribution in [0.4, 0.5) is 5.69 Å². The third-order valence-electron chi connectivity index (χ3n) is 5.63. The summed E-state index contributed by atoms with van der Waals surface area (Å²) in [4.78, 5) is 22.3. The van der Waals surface area contributed by atoms with E-state index in [9.17, 15) is 9.90 Å². The monoisotopic (exact) mass is 455 g/mol. The Kier molecular flexibility index (Phi) is 6.80. The normalized spacial score (nSPS) is 11.9. The number of hydrogen-bond donors (Lipinski definition) is 2. The number of aromatic nitrogens is 1. The average molecular weight is 456 g/mol. The maximum Gasteiger partial charge on any atom is 0.338 e. The predicted octanol–water partition coefficient (Wildman–Crippen LogP) is 5.59. The molecule has 6 nitrogen and oxygen atoms in total. The summed E-state index contributed by atoms with van der Waals surface area (Å²) >= 11 is 0. The van der Waals surface area contributed by atoms with E-state index in [-0.39, 0.29) is 5.88 Å². The highest BCUT2D eigenvalue weighted by Crippen LogP contribution is 2.32. The van der Waals surface area contributed by atoms with E-state index >= 15 is 0 Å². The van der Waals surface area contributed by atoms with Crippen LogP contribution < -0.4 is 0 Å². The molecule has 0 radical (unpaired) electrons. The van der Waals surface area contributed by atoms with Crippen LogP contribution in [0.1, 0.15) is 39.5 Å². The van der Waals surface area contributed by atoms with Gasteiger partial charge in [-0.3, -0.25) is 0 Å². The van der Waals surface area contributed by atoms with Crippen LogP contribution in [0.25, 0.3) is 10.9 Å². The fourth-order valence-electron chi connectivity index (χ4n) is 4.02. The molecule has 0 aliphatic carbocycles. The summed E-state index contributed by atoms with van der Waals surface area (Å²) in [5.74, 6) is -0.398. The molecule has 0 saturated carbocycles. The number of fused-ring (bicyclic) bond motifs is 1. The van der Waals surface area contributed by atoms with Gasteiger partial charge in [-0.05, 0) is 63.3 Å². The van der Waals surface area contributed by atoms with Gasteiger partial charge in [0.05, 0.1) is 29.1 Å². The molecule has 4 aromatic rings. The number of esters is 1. The lowest BCUT2D eigenvalue weighted by Crippen LogP contribution is -2.11. The first-order chi connectivity index (χ1) is 16.4. The molecular formula is C28H29N3O3. The van der Waals surface area contributed by atoms with Gasteiger partial charge in [0.1, 0.15) is 0 Å². The largest absolute Gasteiger partial charge is 0.494 e. The molecule has 0 unspecified atom stereocenters. The Balaban J connectivity index is 1.85. The van der Waals surface area contributed by atoms with Crippen molar-refractivity contribution >= 4 is 28.3 Å². The molecule has 1 heterocycles. The van der Waals surface area contributed by atoms with E-state index in [2.05, 4.69) is 28.9 Å². The summed E-state index contributed by atoms with van der Waals surface area (Å²) < 4.78 is 5.11. The van der Waals surface area contributed by atoms with Crippen LogP contribution in [0, 0.1) is 6.92 Å². The molecule has 0 atom stereocenters. The Labute approximate surface area is 199 Å². The number of ether oxygens (including phenoxy) is 1. The summed E-state index contributed by atoms with van der Waals surface area (Å²) in [7, 11) is 4.10. The summed E-state index contributed by atoms with van der Waals surface area (Å²) in [6, 6.07) is 21.2. The van der Waals surface area contributed by atoms with Crippen molar-refractivity contribution in [1.29, 1.82) is 0 Å². The number of benzene rings is 3. The first kappa shape index (κ1) is 23.3. The van der Waals surface area contributed by atoms with Gasteiger partial charge in [-0.1, -0.05) is 42.5 Å². The third kappa shape index (κ3) is 4.87. The van der Waals surface area contributed by atoms with Crippen molar-refractivity contribution < 1.29 is 14.6 Å². The number of aromatic hydroxyl groups is 1. The van der Waals surface area contributed by atoms with Crippen LogP contribution in [-0.2, 0) is 11.3 Å². The number of nitrogens with one attached hydrogen (secondary N) is 1. The second-order valence-corrected chi connectivity index (χ2v) is 8.50. The number of aliphatic imine (C=N–C) groups is 1. The first-order valence-corrected chi connectivity index (χ1v) is 11.3. The molecule has 2 N–H and O–H groups in total. The number of aromatic amines is 1. The number of hydrogen-bond acceptors (Lipinski definition) is 5. The number of aryl methyl sites for hydroxylation is 1. The van der Waals surface area contributed by atoms with Crippen LogP contribution in [0.5, 0.6) is 5.88 Å². The van der Waals surface area contributed by atoms with Gasteiger partial charge in [0.25, 0.3) is 0 Å². The molecular weight excluding hydrogens is 426 g/mol. The summed E-state index contributed by atoms with van der Waals surface area (Å²) in [5.41, 5.74) is 6.38. The molecule has 0 aliphatic rings. The molecule has 0 bridgehead atoms. The van der Waals surface area contributed by atoms with Gasteiger partial charge in [0, 0.05) is 23.0 Å². The van der Waals surface area contributed by atoms with E-state index < -0.39 is 5.97 Å². The second-order valence-electron chi connectivity index (χ2n) is 8.50. The van der Waals surface area contributed by atoms with E-state index in [1.54, 1.807) is 19.1 Å². The molecule has 0 aliphatic heterocycles. The molecule has 1 aromatic heterocycles. The minimum absolute atomic E-state index is 0.000406. The van der Waals surface area contributed by atoms with Crippen LogP contribution >= 0.6 is 0 Å². The van der Waals surface area contributed by atoms with E-state index in [1.807, 2.05) is 56.6 Å². The fraction of sp³-hybridized carbons (Fsp3) is 0.214. The molecule has 174 valence electrons. The molecule has 3 aromatic carbocycles. The highest BCUT2D eigenvalue weighted by atomic mass is 16.5. The van der Waals surface area contributed by atoms with Crippen molar-refractivity contribution in [3.05, 3.63) is 94.5 Å². The summed E-state index contributed by atoms with van der Waals surface area (Å²) in [5, 5.41) is 11.7. The second kappa shape index (κ2) is 9.93. The van der Waals surface area contributed by atoms with Gasteiger partial charge in [-0.25, -0.2) is 9.79 Å². The van der Waals surface area contributed by atoms with Gasteiger partial charge < -0.3 is 19.7 Å². The van der Waals surface area contributed by atoms with E-state index in [4.69, 9.17) is 9.73 Å². The van der Waals surface area contributed by atoms with Crippen LogP contribution in [0.15, 0.2) is 71.7 Å². The smallest absolute Gasteiger partial charge is 0.338 e. The van der Waals surface area contributed by atoms with Crippen LogP contribution in [-0.4, -0.2) is 47.4 Å². The van der Waals surface area contributed by atoms with Gasteiger partial charge in [-0.2, -0.15) is 0 Å². The molecule has 6 heteroatoms. The molecule has 34 heavy (non-hydrogen) atoms. The highest BCUT2D eigenvalue weighted by molar-refractivity contribution is 6.22. The zero-order chi connectivity index (χ0) is 24.2. The Morgan fingerprint density at radius 3 is 2.47 bits per heavy atom. The van der Waals surface area contributed by atoms with Crippen molar-refractivity contribution in [2.45, 2.75) is 20.4 Å². The Morgan fingerprint density at radius 2 is 1.79 bits per heavy atom. The fourth-order valence-corrected chi connectivity index (χ4v) is 4.02. The minimum Gasteiger partial charge on any atom is -0.494 e. The lowest BCUT2D eigenvalue weighted by atomic mass is 10.00.